The van der Waals surface area contributed by atoms with E-state index in [-0.39, 0.29) is 11.5 Å². The SMILES string of the molecule is COc1ccccc1[C@H]1c2c(-c3ccc(C)cc3)n[nH]c2C(=O)N1c1ccc(C(=O)O)cc1. The lowest BCUT2D eigenvalue weighted by Gasteiger charge is -2.27. The second kappa shape index (κ2) is 7.94. The van der Waals surface area contributed by atoms with Crippen molar-refractivity contribution in [2.75, 3.05) is 12.0 Å². The van der Waals surface area contributed by atoms with E-state index in [0.717, 1.165) is 22.3 Å². The van der Waals surface area contributed by atoms with E-state index in [1.807, 2.05) is 55.5 Å². The Kier molecular flexibility index (Phi) is 4.94. The molecule has 5 rings (SSSR count). The van der Waals surface area contributed by atoms with Crippen LogP contribution in [0.2, 0.25) is 0 Å². The molecule has 4 aromatic rings. The fourth-order valence-corrected chi connectivity index (χ4v) is 4.30. The molecule has 2 heterocycles. The molecule has 0 unspecified atom stereocenters. The van der Waals surface area contributed by atoms with E-state index >= 15 is 0 Å². The number of amides is 1. The molecule has 3 aromatic carbocycles. The van der Waals surface area contributed by atoms with Crippen LogP contribution in [0.15, 0.2) is 72.8 Å². The molecule has 0 saturated heterocycles. The van der Waals surface area contributed by atoms with Gasteiger partial charge in [-0.3, -0.25) is 14.8 Å². The van der Waals surface area contributed by atoms with Crippen molar-refractivity contribution in [3.63, 3.8) is 0 Å². The highest BCUT2D eigenvalue weighted by Crippen LogP contribution is 2.47. The maximum absolute atomic E-state index is 13.6. The number of methoxy groups -OCH3 is 1. The number of nitrogens with one attached hydrogen (secondary N) is 1. The fourth-order valence-electron chi connectivity index (χ4n) is 4.30. The first kappa shape index (κ1) is 20.5. The summed E-state index contributed by atoms with van der Waals surface area (Å²) in [5.41, 5.74) is 5.43. The van der Waals surface area contributed by atoms with Crippen molar-refractivity contribution in [1.29, 1.82) is 0 Å². The third-order valence-electron chi connectivity index (χ3n) is 5.92. The van der Waals surface area contributed by atoms with Gasteiger partial charge in [0.1, 0.15) is 11.4 Å². The minimum atomic E-state index is -1.02. The summed E-state index contributed by atoms with van der Waals surface area (Å²) in [6, 6.07) is 21.3. The van der Waals surface area contributed by atoms with Crippen molar-refractivity contribution in [1.82, 2.24) is 10.2 Å². The van der Waals surface area contributed by atoms with Gasteiger partial charge in [-0.2, -0.15) is 5.10 Å². The quantitative estimate of drug-likeness (QED) is 0.464. The van der Waals surface area contributed by atoms with Gasteiger partial charge < -0.3 is 9.84 Å². The number of nitrogens with zero attached hydrogens (tertiary/aromatic N) is 2. The number of aromatic amines is 1. The summed E-state index contributed by atoms with van der Waals surface area (Å²) in [4.78, 5) is 26.6. The summed E-state index contributed by atoms with van der Waals surface area (Å²) < 4.78 is 5.63. The van der Waals surface area contributed by atoms with Crippen LogP contribution in [0.25, 0.3) is 11.3 Å². The number of rotatable bonds is 5. The Morgan fingerprint density at radius 1 is 1.03 bits per heavy atom. The first-order chi connectivity index (χ1) is 16.0. The normalized spacial score (nSPS) is 14.9. The molecule has 164 valence electrons. The topological polar surface area (TPSA) is 95.5 Å². The van der Waals surface area contributed by atoms with E-state index in [9.17, 15) is 14.7 Å². The standard InChI is InChI=1S/C26H21N3O4/c1-15-7-9-16(10-8-15)22-21-23(28-27-22)25(30)29(18-13-11-17(12-14-18)26(31)32)24(21)19-5-3-4-6-20(19)33-2/h3-14,24H,1-2H3,(H,27,28)(H,31,32)/t24-/m0/s1. The van der Waals surface area contributed by atoms with Crippen molar-refractivity contribution in [3.8, 4) is 17.0 Å². The van der Waals surface area contributed by atoms with Gasteiger partial charge in [0.05, 0.1) is 24.4 Å². The smallest absolute Gasteiger partial charge is 0.335 e. The summed E-state index contributed by atoms with van der Waals surface area (Å²) >= 11 is 0. The molecule has 0 radical (unpaired) electrons. The van der Waals surface area contributed by atoms with Gasteiger partial charge in [0.25, 0.3) is 5.91 Å². The van der Waals surface area contributed by atoms with Crippen molar-refractivity contribution in [2.24, 2.45) is 0 Å². The zero-order valence-corrected chi connectivity index (χ0v) is 18.1. The molecular formula is C26H21N3O4. The molecule has 0 bridgehead atoms. The van der Waals surface area contributed by atoms with Crippen LogP contribution in [-0.4, -0.2) is 34.3 Å². The number of ether oxygens (including phenoxy) is 1. The highest BCUT2D eigenvalue weighted by atomic mass is 16.5. The lowest BCUT2D eigenvalue weighted by molar-refractivity contribution is 0.0696. The molecule has 0 spiro atoms. The first-order valence-electron chi connectivity index (χ1n) is 10.4. The van der Waals surface area contributed by atoms with Crippen LogP contribution in [0.1, 0.15) is 43.6 Å². The van der Waals surface area contributed by atoms with Gasteiger partial charge in [-0.25, -0.2) is 4.79 Å². The molecule has 0 saturated carbocycles. The van der Waals surface area contributed by atoms with Crippen molar-refractivity contribution >= 4 is 17.6 Å². The van der Waals surface area contributed by atoms with E-state index in [1.165, 1.54) is 12.1 Å². The van der Waals surface area contributed by atoms with Gasteiger partial charge in [-0.1, -0.05) is 48.0 Å². The van der Waals surface area contributed by atoms with E-state index in [1.54, 1.807) is 24.1 Å². The van der Waals surface area contributed by atoms with Crippen LogP contribution >= 0.6 is 0 Å². The summed E-state index contributed by atoms with van der Waals surface area (Å²) in [6.45, 7) is 2.02. The molecule has 7 nitrogen and oxygen atoms in total. The van der Waals surface area contributed by atoms with E-state index in [0.29, 0.717) is 22.8 Å². The molecule has 2 N–H and O–H groups in total. The van der Waals surface area contributed by atoms with Crippen molar-refractivity contribution in [2.45, 2.75) is 13.0 Å². The molecule has 1 amide bonds. The lowest BCUT2D eigenvalue weighted by atomic mass is 9.95. The Balaban J connectivity index is 1.72. The summed E-state index contributed by atoms with van der Waals surface area (Å²) in [6.07, 6.45) is 0. The van der Waals surface area contributed by atoms with Crippen LogP contribution < -0.4 is 9.64 Å². The van der Waals surface area contributed by atoms with E-state index < -0.39 is 12.0 Å². The number of anilines is 1. The van der Waals surface area contributed by atoms with Crippen molar-refractivity contribution < 1.29 is 19.4 Å². The summed E-state index contributed by atoms with van der Waals surface area (Å²) in [5.74, 6) is -0.618. The number of aromatic carboxylic acids is 1. The average molecular weight is 439 g/mol. The first-order valence-corrected chi connectivity index (χ1v) is 10.4. The van der Waals surface area contributed by atoms with Crippen LogP contribution in [0.4, 0.5) is 5.69 Å². The minimum absolute atomic E-state index is 0.153. The lowest BCUT2D eigenvalue weighted by Crippen LogP contribution is -2.29. The molecule has 0 aliphatic carbocycles. The molecule has 0 fully saturated rings. The van der Waals surface area contributed by atoms with Crippen LogP contribution in [0, 0.1) is 6.92 Å². The number of carboxylic acid groups (broad SMARTS) is 1. The van der Waals surface area contributed by atoms with Crippen LogP contribution in [0.3, 0.4) is 0 Å². The number of hydrogen-bond donors (Lipinski definition) is 2. The monoisotopic (exact) mass is 439 g/mol. The van der Waals surface area contributed by atoms with Crippen LogP contribution in [0.5, 0.6) is 5.75 Å². The van der Waals surface area contributed by atoms with Crippen molar-refractivity contribution in [3.05, 3.63) is 101 Å². The Labute approximate surface area is 190 Å². The van der Waals surface area contributed by atoms with E-state index in [4.69, 9.17) is 4.74 Å². The van der Waals surface area contributed by atoms with Gasteiger partial charge in [-0.15, -0.1) is 0 Å². The fraction of sp³-hybridized carbons (Fsp3) is 0.115. The Morgan fingerprint density at radius 3 is 2.39 bits per heavy atom. The maximum atomic E-state index is 13.6. The maximum Gasteiger partial charge on any atom is 0.335 e. The van der Waals surface area contributed by atoms with Gasteiger partial charge in [0.15, 0.2) is 0 Å². The third kappa shape index (κ3) is 3.34. The van der Waals surface area contributed by atoms with Gasteiger partial charge in [-0.05, 0) is 37.3 Å². The Morgan fingerprint density at radius 2 is 1.73 bits per heavy atom. The Bertz CT molecular complexity index is 1360. The summed E-state index contributed by atoms with van der Waals surface area (Å²) in [5, 5.41) is 16.7. The average Bonchev–Trinajstić information content (AvgIpc) is 3.38. The molecule has 1 aromatic heterocycles. The number of hydrogen-bond acceptors (Lipinski definition) is 4. The second-order valence-corrected chi connectivity index (χ2v) is 7.90. The molecule has 7 heteroatoms. The number of carboxylic acids is 1. The van der Waals surface area contributed by atoms with Gasteiger partial charge >= 0.3 is 5.97 Å². The van der Waals surface area contributed by atoms with Crippen LogP contribution in [-0.2, 0) is 0 Å². The number of para-hydroxylation sites is 1. The molecule has 1 aliphatic heterocycles. The number of aromatic nitrogens is 2. The highest BCUT2D eigenvalue weighted by Gasteiger charge is 2.44. The number of H-pyrrole nitrogens is 1. The molecule has 1 aliphatic rings. The zero-order chi connectivity index (χ0) is 23.1. The number of carbonyl (C=O) groups excluding carboxylic acids is 1. The number of fused-ring (bicyclic) bond motifs is 1. The third-order valence-corrected chi connectivity index (χ3v) is 5.92. The minimum Gasteiger partial charge on any atom is -0.496 e. The largest absolute Gasteiger partial charge is 0.496 e. The number of benzene rings is 3. The molecule has 33 heavy (non-hydrogen) atoms. The number of carbonyl (C=O) groups is 2. The molecular weight excluding hydrogens is 418 g/mol. The molecule has 1 atom stereocenters. The van der Waals surface area contributed by atoms with E-state index in [2.05, 4.69) is 10.2 Å². The highest BCUT2D eigenvalue weighted by molar-refractivity contribution is 6.12. The summed E-state index contributed by atoms with van der Waals surface area (Å²) in [7, 11) is 1.60. The number of aryl methyl sites for hydroxylation is 1. The predicted octanol–water partition coefficient (Wildman–Crippen LogP) is 4.84. The Hall–Kier alpha value is -4.39. The zero-order valence-electron chi connectivity index (χ0n) is 18.1. The second-order valence-electron chi connectivity index (χ2n) is 7.90. The van der Waals surface area contributed by atoms with Gasteiger partial charge in [0, 0.05) is 22.4 Å². The van der Waals surface area contributed by atoms with Gasteiger partial charge in [0.2, 0.25) is 0 Å². The predicted molar refractivity (Wildman–Crippen MR) is 124 cm³/mol.